The Hall–Kier alpha value is -0.610. The van der Waals surface area contributed by atoms with Crippen LogP contribution < -0.4 is 0 Å². The van der Waals surface area contributed by atoms with E-state index in [1.165, 1.54) is 6.42 Å². The van der Waals surface area contributed by atoms with Crippen molar-refractivity contribution in [2.45, 2.75) is 46.1 Å². The van der Waals surface area contributed by atoms with Crippen LogP contribution in [-0.4, -0.2) is 61.1 Å². The van der Waals surface area contributed by atoms with Crippen molar-refractivity contribution in [3.8, 4) is 0 Å². The van der Waals surface area contributed by atoms with Crippen LogP contribution in [0.2, 0.25) is 0 Å². The van der Waals surface area contributed by atoms with E-state index in [2.05, 4.69) is 25.7 Å². The maximum atomic E-state index is 12.2. The summed E-state index contributed by atoms with van der Waals surface area (Å²) in [6.45, 7) is 12.5. The first kappa shape index (κ1) is 14.8. The van der Waals surface area contributed by atoms with Crippen LogP contribution in [0, 0.1) is 5.41 Å². The first-order chi connectivity index (χ1) is 9.02. The highest BCUT2D eigenvalue weighted by atomic mass is 16.5. The van der Waals surface area contributed by atoms with E-state index in [4.69, 9.17) is 4.74 Å². The first-order valence-corrected chi connectivity index (χ1v) is 7.64. The molecule has 0 spiro atoms. The Bertz CT molecular complexity index is 303. The summed E-state index contributed by atoms with van der Waals surface area (Å²) in [6, 6.07) is 0. The number of rotatable bonds is 4. The van der Waals surface area contributed by atoms with Crippen LogP contribution in [0.15, 0.2) is 0 Å². The van der Waals surface area contributed by atoms with Gasteiger partial charge in [-0.05, 0) is 24.7 Å². The summed E-state index contributed by atoms with van der Waals surface area (Å²) >= 11 is 0. The topological polar surface area (TPSA) is 32.8 Å². The van der Waals surface area contributed by atoms with Crippen molar-refractivity contribution in [1.29, 1.82) is 0 Å². The summed E-state index contributed by atoms with van der Waals surface area (Å²) in [7, 11) is 0. The van der Waals surface area contributed by atoms with Crippen molar-refractivity contribution in [2.75, 3.05) is 39.3 Å². The SMILES string of the molecule is CCC(C)(C)CN1CCN(C(=O)C2CCCO2)CC1. The van der Waals surface area contributed by atoms with Crippen LogP contribution in [0.25, 0.3) is 0 Å². The minimum atomic E-state index is -0.154. The summed E-state index contributed by atoms with van der Waals surface area (Å²) in [5.74, 6) is 0.215. The van der Waals surface area contributed by atoms with Crippen molar-refractivity contribution >= 4 is 5.91 Å². The highest BCUT2D eigenvalue weighted by Crippen LogP contribution is 2.22. The van der Waals surface area contributed by atoms with Gasteiger partial charge in [-0.1, -0.05) is 20.8 Å². The van der Waals surface area contributed by atoms with Gasteiger partial charge in [-0.2, -0.15) is 0 Å². The highest BCUT2D eigenvalue weighted by Gasteiger charge is 2.31. The fourth-order valence-electron chi connectivity index (χ4n) is 2.82. The Morgan fingerprint density at radius 1 is 1.26 bits per heavy atom. The molecule has 0 saturated carbocycles. The molecule has 2 aliphatic heterocycles. The molecule has 110 valence electrons. The Labute approximate surface area is 117 Å². The third-order valence-electron chi connectivity index (χ3n) is 4.50. The molecule has 0 radical (unpaired) electrons. The van der Waals surface area contributed by atoms with Crippen LogP contribution in [0.5, 0.6) is 0 Å². The van der Waals surface area contributed by atoms with Gasteiger partial charge in [0.15, 0.2) is 0 Å². The lowest BCUT2D eigenvalue weighted by atomic mass is 9.89. The molecule has 4 nitrogen and oxygen atoms in total. The normalized spacial score (nSPS) is 25.8. The van der Waals surface area contributed by atoms with E-state index in [-0.39, 0.29) is 12.0 Å². The Morgan fingerprint density at radius 3 is 2.47 bits per heavy atom. The molecule has 2 rings (SSSR count). The number of carbonyl (C=O) groups excluding carboxylic acids is 1. The molecule has 2 saturated heterocycles. The van der Waals surface area contributed by atoms with Gasteiger partial charge >= 0.3 is 0 Å². The number of hydrogen-bond donors (Lipinski definition) is 0. The number of hydrogen-bond acceptors (Lipinski definition) is 3. The zero-order valence-corrected chi connectivity index (χ0v) is 12.7. The molecule has 2 fully saturated rings. The lowest BCUT2D eigenvalue weighted by molar-refractivity contribution is -0.142. The molecule has 0 aromatic heterocycles. The van der Waals surface area contributed by atoms with Gasteiger partial charge < -0.3 is 9.64 Å². The van der Waals surface area contributed by atoms with Crippen LogP contribution in [0.4, 0.5) is 0 Å². The van der Waals surface area contributed by atoms with Gasteiger partial charge in [-0.15, -0.1) is 0 Å². The van der Waals surface area contributed by atoms with E-state index >= 15 is 0 Å². The number of amides is 1. The van der Waals surface area contributed by atoms with Crippen LogP contribution in [0.1, 0.15) is 40.0 Å². The average Bonchev–Trinajstić information content (AvgIpc) is 2.92. The molecule has 2 aliphatic rings. The number of nitrogens with zero attached hydrogens (tertiary/aromatic N) is 2. The summed E-state index contributed by atoms with van der Waals surface area (Å²) in [5, 5.41) is 0. The molecule has 2 heterocycles. The summed E-state index contributed by atoms with van der Waals surface area (Å²) < 4.78 is 5.49. The van der Waals surface area contributed by atoms with Gasteiger partial charge in [-0.3, -0.25) is 9.69 Å². The van der Waals surface area contributed by atoms with Crippen LogP contribution in [-0.2, 0) is 9.53 Å². The van der Waals surface area contributed by atoms with Crippen molar-refractivity contribution in [3.05, 3.63) is 0 Å². The van der Waals surface area contributed by atoms with Gasteiger partial charge in [0.05, 0.1) is 0 Å². The van der Waals surface area contributed by atoms with E-state index in [9.17, 15) is 4.79 Å². The fourth-order valence-corrected chi connectivity index (χ4v) is 2.82. The van der Waals surface area contributed by atoms with Crippen molar-refractivity contribution in [3.63, 3.8) is 0 Å². The van der Waals surface area contributed by atoms with E-state index in [1.807, 2.05) is 4.90 Å². The maximum Gasteiger partial charge on any atom is 0.251 e. The van der Waals surface area contributed by atoms with Crippen molar-refractivity contribution < 1.29 is 9.53 Å². The van der Waals surface area contributed by atoms with Gasteiger partial charge in [0, 0.05) is 39.3 Å². The minimum absolute atomic E-state index is 0.154. The lowest BCUT2D eigenvalue weighted by Gasteiger charge is -2.39. The fraction of sp³-hybridized carbons (Fsp3) is 0.933. The predicted octanol–water partition coefficient (Wildman–Crippen LogP) is 1.75. The van der Waals surface area contributed by atoms with E-state index < -0.39 is 0 Å². The standard InChI is InChI=1S/C15H28N2O2/c1-4-15(2,3)12-16-7-9-17(10-8-16)14(18)13-6-5-11-19-13/h13H,4-12H2,1-3H3. The molecule has 0 aromatic carbocycles. The lowest BCUT2D eigenvalue weighted by Crippen LogP contribution is -2.52. The second-order valence-corrected chi connectivity index (χ2v) is 6.62. The van der Waals surface area contributed by atoms with Crippen molar-refractivity contribution in [2.24, 2.45) is 5.41 Å². The quantitative estimate of drug-likeness (QED) is 0.778. The second kappa shape index (κ2) is 6.23. The van der Waals surface area contributed by atoms with E-state index in [0.717, 1.165) is 52.2 Å². The smallest absolute Gasteiger partial charge is 0.251 e. The Morgan fingerprint density at radius 2 is 1.95 bits per heavy atom. The third-order valence-corrected chi connectivity index (χ3v) is 4.50. The van der Waals surface area contributed by atoms with E-state index in [0.29, 0.717) is 5.41 Å². The molecule has 1 unspecified atom stereocenters. The first-order valence-electron chi connectivity index (χ1n) is 7.64. The van der Waals surface area contributed by atoms with Crippen LogP contribution in [0.3, 0.4) is 0 Å². The number of ether oxygens (including phenoxy) is 1. The van der Waals surface area contributed by atoms with Gasteiger partial charge in [0.1, 0.15) is 6.10 Å². The largest absolute Gasteiger partial charge is 0.368 e. The van der Waals surface area contributed by atoms with Gasteiger partial charge in [0.25, 0.3) is 5.91 Å². The molecule has 19 heavy (non-hydrogen) atoms. The van der Waals surface area contributed by atoms with Gasteiger partial charge in [-0.25, -0.2) is 0 Å². The predicted molar refractivity (Wildman–Crippen MR) is 76.1 cm³/mol. The maximum absolute atomic E-state index is 12.2. The Kier molecular flexibility index (Phi) is 4.85. The monoisotopic (exact) mass is 268 g/mol. The second-order valence-electron chi connectivity index (χ2n) is 6.62. The van der Waals surface area contributed by atoms with Gasteiger partial charge in [0.2, 0.25) is 0 Å². The number of carbonyl (C=O) groups is 1. The molecule has 0 N–H and O–H groups in total. The molecule has 4 heteroatoms. The van der Waals surface area contributed by atoms with E-state index in [1.54, 1.807) is 0 Å². The van der Waals surface area contributed by atoms with Crippen LogP contribution >= 0.6 is 0 Å². The van der Waals surface area contributed by atoms with Crippen molar-refractivity contribution in [1.82, 2.24) is 9.80 Å². The molecule has 1 amide bonds. The molecule has 0 aliphatic carbocycles. The number of piperazine rings is 1. The molecular weight excluding hydrogens is 240 g/mol. The molecule has 0 aromatic rings. The molecule has 0 bridgehead atoms. The zero-order chi connectivity index (χ0) is 13.9. The summed E-state index contributed by atoms with van der Waals surface area (Å²) in [5.41, 5.74) is 0.376. The molecule has 1 atom stereocenters. The minimum Gasteiger partial charge on any atom is -0.368 e. The highest BCUT2D eigenvalue weighted by molar-refractivity contribution is 5.81. The summed E-state index contributed by atoms with van der Waals surface area (Å²) in [4.78, 5) is 16.7. The summed E-state index contributed by atoms with van der Waals surface area (Å²) in [6.07, 6.45) is 2.98. The molecular formula is C15H28N2O2. The average molecular weight is 268 g/mol. The zero-order valence-electron chi connectivity index (χ0n) is 12.7. The third kappa shape index (κ3) is 3.93. The Balaban J connectivity index is 1.77.